The van der Waals surface area contributed by atoms with E-state index in [1.54, 1.807) is 38.6 Å². The van der Waals surface area contributed by atoms with E-state index >= 15 is 0 Å². The Bertz CT molecular complexity index is 855. The van der Waals surface area contributed by atoms with Crippen molar-refractivity contribution >= 4 is 5.91 Å². The molecule has 0 spiro atoms. The van der Waals surface area contributed by atoms with E-state index in [1.165, 1.54) is 5.56 Å². The zero-order valence-electron chi connectivity index (χ0n) is 17.4. The van der Waals surface area contributed by atoms with Crippen molar-refractivity contribution in [1.29, 1.82) is 0 Å². The van der Waals surface area contributed by atoms with Gasteiger partial charge in [0.25, 0.3) is 5.91 Å². The lowest BCUT2D eigenvalue weighted by molar-refractivity contribution is 0.0879. The molecule has 30 heavy (non-hydrogen) atoms. The maximum absolute atomic E-state index is 12.7. The Morgan fingerprint density at radius 1 is 1.13 bits per heavy atom. The molecule has 2 aliphatic heterocycles. The number of benzene rings is 1. The van der Waals surface area contributed by atoms with Crippen LogP contribution in [0.4, 0.5) is 0 Å². The highest BCUT2D eigenvalue weighted by Crippen LogP contribution is 2.28. The first kappa shape index (κ1) is 20.6. The molecule has 0 radical (unpaired) electrons. The zero-order chi connectivity index (χ0) is 20.9. The Morgan fingerprint density at radius 3 is 2.63 bits per heavy atom. The number of amides is 1. The van der Waals surface area contributed by atoms with Gasteiger partial charge in [-0.15, -0.1) is 0 Å². The Morgan fingerprint density at radius 2 is 1.93 bits per heavy atom. The van der Waals surface area contributed by atoms with E-state index in [-0.39, 0.29) is 24.2 Å². The highest BCUT2D eigenvalue weighted by atomic mass is 16.5. The van der Waals surface area contributed by atoms with Crippen LogP contribution in [-0.4, -0.2) is 55.3 Å². The molecule has 8 heteroatoms. The molecule has 8 nitrogen and oxygen atoms in total. The second-order valence-electron chi connectivity index (χ2n) is 7.73. The number of nitrogens with zero attached hydrogens (tertiary/aromatic N) is 2. The fourth-order valence-electron chi connectivity index (χ4n) is 4.18. The first-order valence-electron chi connectivity index (χ1n) is 10.4. The average molecular weight is 412 g/mol. The number of nitrogens with one attached hydrogen (secondary N) is 3. The third-order valence-corrected chi connectivity index (χ3v) is 5.92. The van der Waals surface area contributed by atoms with Gasteiger partial charge in [-0.2, -0.15) is 0 Å². The molecular formula is C22H29N5O3. The molecule has 1 aromatic carbocycles. The molecule has 2 atom stereocenters. The van der Waals surface area contributed by atoms with Crippen LogP contribution in [0.5, 0.6) is 11.5 Å². The van der Waals surface area contributed by atoms with Gasteiger partial charge in [-0.05, 0) is 49.1 Å². The number of hydrogen-bond donors (Lipinski definition) is 3. The van der Waals surface area contributed by atoms with Gasteiger partial charge < -0.3 is 14.8 Å². The summed E-state index contributed by atoms with van der Waals surface area (Å²) in [6.45, 7) is 1.88. The summed E-state index contributed by atoms with van der Waals surface area (Å²) in [5.74, 6) is 1.10. The Balaban J connectivity index is 1.27. The minimum absolute atomic E-state index is 0.0771. The fourth-order valence-corrected chi connectivity index (χ4v) is 4.18. The molecule has 1 aromatic heterocycles. The summed E-state index contributed by atoms with van der Waals surface area (Å²) in [5.41, 5.74) is 8.58. The summed E-state index contributed by atoms with van der Waals surface area (Å²) in [5, 5.41) is 3.16. The van der Waals surface area contributed by atoms with Crippen LogP contribution in [0.3, 0.4) is 0 Å². The number of methoxy groups -OCH3 is 2. The number of piperidine rings is 1. The van der Waals surface area contributed by atoms with Gasteiger partial charge in [0.2, 0.25) is 0 Å². The lowest BCUT2D eigenvalue weighted by atomic mass is 10.0. The quantitative estimate of drug-likeness (QED) is 0.669. The van der Waals surface area contributed by atoms with E-state index in [1.807, 2.05) is 12.3 Å². The van der Waals surface area contributed by atoms with Gasteiger partial charge in [0.15, 0.2) is 11.5 Å². The topological polar surface area (TPSA) is 87.8 Å². The van der Waals surface area contributed by atoms with Crippen LogP contribution in [0.1, 0.15) is 41.2 Å². The molecule has 2 aliphatic rings. The molecule has 2 aromatic rings. The third kappa shape index (κ3) is 4.56. The molecule has 3 N–H and O–H groups in total. The molecule has 0 aliphatic carbocycles. The van der Waals surface area contributed by atoms with Crippen molar-refractivity contribution in [3.05, 3.63) is 53.9 Å². The van der Waals surface area contributed by atoms with Crippen molar-refractivity contribution in [3.8, 4) is 11.5 Å². The van der Waals surface area contributed by atoms with Crippen LogP contribution < -0.4 is 25.6 Å². The molecule has 0 bridgehead atoms. The molecule has 2 saturated heterocycles. The van der Waals surface area contributed by atoms with E-state index in [4.69, 9.17) is 9.47 Å². The predicted octanol–water partition coefficient (Wildman–Crippen LogP) is 1.86. The number of hydrogen-bond acceptors (Lipinski definition) is 7. The summed E-state index contributed by atoms with van der Waals surface area (Å²) in [6, 6.07) is 9.75. The van der Waals surface area contributed by atoms with E-state index < -0.39 is 0 Å². The van der Waals surface area contributed by atoms with E-state index in [0.717, 1.165) is 32.4 Å². The number of hydrazine groups is 1. The number of likely N-dealkylation sites (tertiary alicyclic amines) is 1. The molecule has 4 rings (SSSR count). The number of pyridine rings is 1. The Kier molecular flexibility index (Phi) is 6.47. The SMILES string of the molecule is COc1ccc(C(=O)NC2CCN(C3CC(c4cccnc4)NN3)CC2)cc1OC. The molecule has 3 heterocycles. The second-order valence-corrected chi connectivity index (χ2v) is 7.73. The van der Waals surface area contributed by atoms with Crippen LogP contribution in [0.2, 0.25) is 0 Å². The minimum Gasteiger partial charge on any atom is -0.493 e. The van der Waals surface area contributed by atoms with Gasteiger partial charge in [-0.3, -0.25) is 14.7 Å². The Hall–Kier alpha value is -2.68. The number of aromatic nitrogens is 1. The Labute approximate surface area is 176 Å². The fraction of sp³-hybridized carbons (Fsp3) is 0.455. The van der Waals surface area contributed by atoms with Crippen LogP contribution in [0.15, 0.2) is 42.7 Å². The van der Waals surface area contributed by atoms with Gasteiger partial charge in [-0.25, -0.2) is 10.9 Å². The normalized spacial score (nSPS) is 22.6. The zero-order valence-corrected chi connectivity index (χ0v) is 17.4. The predicted molar refractivity (Wildman–Crippen MR) is 113 cm³/mol. The van der Waals surface area contributed by atoms with Gasteiger partial charge >= 0.3 is 0 Å². The van der Waals surface area contributed by atoms with Gasteiger partial charge in [0.05, 0.1) is 26.4 Å². The van der Waals surface area contributed by atoms with E-state index in [2.05, 4.69) is 32.1 Å². The van der Waals surface area contributed by atoms with Gasteiger partial charge in [-0.1, -0.05) is 6.07 Å². The largest absolute Gasteiger partial charge is 0.493 e. The summed E-state index contributed by atoms with van der Waals surface area (Å²) in [4.78, 5) is 19.3. The molecule has 160 valence electrons. The molecule has 2 fully saturated rings. The van der Waals surface area contributed by atoms with Crippen LogP contribution in [0, 0.1) is 0 Å². The molecular weight excluding hydrogens is 382 g/mol. The summed E-state index contributed by atoms with van der Waals surface area (Å²) in [7, 11) is 3.15. The van der Waals surface area contributed by atoms with Crippen molar-refractivity contribution in [2.24, 2.45) is 0 Å². The molecule has 1 amide bonds. The number of ether oxygens (including phenoxy) is 2. The van der Waals surface area contributed by atoms with Crippen molar-refractivity contribution in [1.82, 2.24) is 26.1 Å². The van der Waals surface area contributed by atoms with Gasteiger partial charge in [0, 0.05) is 37.1 Å². The highest BCUT2D eigenvalue weighted by molar-refractivity contribution is 5.95. The first-order valence-corrected chi connectivity index (χ1v) is 10.4. The standard InChI is InChI=1S/C22H29N5O3/c1-29-19-6-5-15(12-20(19)30-2)22(28)24-17-7-10-27(11-8-17)21-13-18(25-26-21)16-4-3-9-23-14-16/h3-6,9,12,14,17-18,21,25-26H,7-8,10-11,13H2,1-2H3,(H,24,28). The maximum Gasteiger partial charge on any atom is 0.251 e. The summed E-state index contributed by atoms with van der Waals surface area (Å²) >= 11 is 0. The lowest BCUT2D eigenvalue weighted by Gasteiger charge is -2.35. The highest BCUT2D eigenvalue weighted by Gasteiger charge is 2.32. The minimum atomic E-state index is -0.0771. The maximum atomic E-state index is 12.7. The van der Waals surface area contributed by atoms with E-state index in [9.17, 15) is 4.79 Å². The summed E-state index contributed by atoms with van der Waals surface area (Å²) in [6.07, 6.45) is 6.85. The van der Waals surface area contributed by atoms with Crippen molar-refractivity contribution in [2.75, 3.05) is 27.3 Å². The number of carbonyl (C=O) groups excluding carboxylic acids is 1. The second kappa shape index (κ2) is 9.42. The lowest BCUT2D eigenvalue weighted by Crippen LogP contribution is -2.51. The molecule has 2 unspecified atom stereocenters. The van der Waals surface area contributed by atoms with Crippen LogP contribution >= 0.6 is 0 Å². The van der Waals surface area contributed by atoms with Crippen molar-refractivity contribution in [3.63, 3.8) is 0 Å². The monoisotopic (exact) mass is 411 g/mol. The van der Waals surface area contributed by atoms with Crippen molar-refractivity contribution in [2.45, 2.75) is 37.5 Å². The van der Waals surface area contributed by atoms with Gasteiger partial charge in [0.1, 0.15) is 0 Å². The first-order chi connectivity index (χ1) is 14.7. The van der Waals surface area contributed by atoms with Crippen LogP contribution in [-0.2, 0) is 0 Å². The van der Waals surface area contributed by atoms with Crippen LogP contribution in [0.25, 0.3) is 0 Å². The van der Waals surface area contributed by atoms with E-state index in [0.29, 0.717) is 17.1 Å². The smallest absolute Gasteiger partial charge is 0.251 e. The molecule has 0 saturated carbocycles. The number of carbonyl (C=O) groups is 1. The third-order valence-electron chi connectivity index (χ3n) is 5.92. The summed E-state index contributed by atoms with van der Waals surface area (Å²) < 4.78 is 10.5. The van der Waals surface area contributed by atoms with Crippen molar-refractivity contribution < 1.29 is 14.3 Å². The average Bonchev–Trinajstić information content (AvgIpc) is 3.30. The number of rotatable bonds is 6.